The molecule has 1 heterocycles. The predicted molar refractivity (Wildman–Crippen MR) is 71.4 cm³/mol. The zero-order chi connectivity index (χ0) is 15.5. The lowest BCUT2D eigenvalue weighted by Gasteiger charge is -2.19. The van der Waals surface area contributed by atoms with E-state index in [9.17, 15) is 18.3 Å². The summed E-state index contributed by atoms with van der Waals surface area (Å²) in [7, 11) is 0. The van der Waals surface area contributed by atoms with E-state index in [1.165, 1.54) is 0 Å². The second-order valence-electron chi connectivity index (χ2n) is 4.87. The molecule has 2 unspecified atom stereocenters. The summed E-state index contributed by atoms with van der Waals surface area (Å²) in [6.45, 7) is -0.0793. The SMILES string of the molecule is NC(Cc1ccccc1)C(O)Cn1cc(C(F)(F)F)cn1. The van der Waals surface area contributed by atoms with Gasteiger partial charge in [0.2, 0.25) is 0 Å². The Morgan fingerprint density at radius 2 is 1.90 bits per heavy atom. The van der Waals surface area contributed by atoms with Gasteiger partial charge in [-0.15, -0.1) is 0 Å². The molecule has 3 N–H and O–H groups in total. The highest BCUT2D eigenvalue weighted by atomic mass is 19.4. The van der Waals surface area contributed by atoms with E-state index in [1.807, 2.05) is 30.3 Å². The largest absolute Gasteiger partial charge is 0.419 e. The number of aromatic nitrogens is 2. The molecule has 0 amide bonds. The van der Waals surface area contributed by atoms with Crippen LogP contribution in [0.1, 0.15) is 11.1 Å². The van der Waals surface area contributed by atoms with Gasteiger partial charge in [0.1, 0.15) is 0 Å². The molecular formula is C14H16F3N3O. The molecule has 1 aromatic heterocycles. The minimum Gasteiger partial charge on any atom is -0.390 e. The Hall–Kier alpha value is -1.86. The monoisotopic (exact) mass is 299 g/mol. The topological polar surface area (TPSA) is 64.1 Å². The quantitative estimate of drug-likeness (QED) is 0.885. The van der Waals surface area contributed by atoms with Crippen LogP contribution in [0.2, 0.25) is 0 Å². The van der Waals surface area contributed by atoms with E-state index in [1.54, 1.807) is 0 Å². The Kier molecular flexibility index (Phi) is 4.64. The molecule has 0 aliphatic heterocycles. The number of hydrogen-bond donors (Lipinski definition) is 2. The third-order valence-electron chi connectivity index (χ3n) is 3.14. The molecule has 0 spiro atoms. The molecule has 0 fully saturated rings. The maximum Gasteiger partial charge on any atom is 0.419 e. The number of alkyl halides is 3. The first-order valence-corrected chi connectivity index (χ1v) is 6.43. The fraction of sp³-hybridized carbons (Fsp3) is 0.357. The minimum atomic E-state index is -4.44. The predicted octanol–water partition coefficient (Wildman–Crippen LogP) is 1.83. The summed E-state index contributed by atoms with van der Waals surface area (Å²) < 4.78 is 38.4. The van der Waals surface area contributed by atoms with E-state index in [2.05, 4.69) is 5.10 Å². The summed E-state index contributed by atoms with van der Waals surface area (Å²) in [6.07, 6.45) is -3.38. The maximum absolute atomic E-state index is 12.4. The average Bonchev–Trinajstić information content (AvgIpc) is 2.88. The van der Waals surface area contributed by atoms with Gasteiger partial charge in [-0.3, -0.25) is 4.68 Å². The third-order valence-corrected chi connectivity index (χ3v) is 3.14. The second kappa shape index (κ2) is 6.28. The first-order valence-electron chi connectivity index (χ1n) is 6.43. The first kappa shape index (κ1) is 15.5. The van der Waals surface area contributed by atoms with E-state index in [0.717, 1.165) is 22.6 Å². The van der Waals surface area contributed by atoms with Crippen LogP contribution >= 0.6 is 0 Å². The van der Waals surface area contributed by atoms with E-state index in [-0.39, 0.29) is 6.54 Å². The molecule has 21 heavy (non-hydrogen) atoms. The van der Waals surface area contributed by atoms with Crippen molar-refractivity contribution in [1.82, 2.24) is 9.78 Å². The summed E-state index contributed by atoms with van der Waals surface area (Å²) in [5, 5.41) is 13.6. The molecule has 0 bridgehead atoms. The lowest BCUT2D eigenvalue weighted by molar-refractivity contribution is -0.137. The van der Waals surface area contributed by atoms with Gasteiger partial charge in [0.15, 0.2) is 0 Å². The van der Waals surface area contributed by atoms with Crippen molar-refractivity contribution in [1.29, 1.82) is 0 Å². The van der Waals surface area contributed by atoms with E-state index in [0.29, 0.717) is 6.42 Å². The van der Waals surface area contributed by atoms with Crippen molar-refractivity contribution in [3.63, 3.8) is 0 Å². The summed E-state index contributed by atoms with van der Waals surface area (Å²) >= 11 is 0. The number of nitrogens with two attached hydrogens (primary N) is 1. The number of aliphatic hydroxyl groups excluding tert-OH is 1. The van der Waals surface area contributed by atoms with Crippen LogP contribution in [0.3, 0.4) is 0 Å². The molecule has 0 aliphatic rings. The average molecular weight is 299 g/mol. The molecule has 114 valence electrons. The number of rotatable bonds is 5. The molecular weight excluding hydrogens is 283 g/mol. The van der Waals surface area contributed by atoms with Crippen LogP contribution in [0, 0.1) is 0 Å². The van der Waals surface area contributed by atoms with Crippen molar-refractivity contribution in [3.05, 3.63) is 53.9 Å². The molecule has 0 saturated carbocycles. The number of nitrogens with zero attached hydrogens (tertiary/aromatic N) is 2. The third kappa shape index (κ3) is 4.30. The second-order valence-corrected chi connectivity index (χ2v) is 4.87. The Morgan fingerprint density at radius 3 is 2.48 bits per heavy atom. The normalized spacial score (nSPS) is 14.9. The van der Waals surface area contributed by atoms with Crippen molar-refractivity contribution in [3.8, 4) is 0 Å². The molecule has 0 aliphatic carbocycles. The van der Waals surface area contributed by atoms with Crippen LogP contribution in [-0.4, -0.2) is 27.0 Å². The van der Waals surface area contributed by atoms with Gasteiger partial charge < -0.3 is 10.8 Å². The van der Waals surface area contributed by atoms with Gasteiger partial charge in [-0.1, -0.05) is 30.3 Å². The summed E-state index contributed by atoms with van der Waals surface area (Å²) in [6, 6.07) is 8.76. The highest BCUT2D eigenvalue weighted by Gasteiger charge is 2.32. The van der Waals surface area contributed by atoms with E-state index >= 15 is 0 Å². The Morgan fingerprint density at radius 1 is 1.24 bits per heavy atom. The molecule has 4 nitrogen and oxygen atoms in total. The summed E-state index contributed by atoms with van der Waals surface area (Å²) in [4.78, 5) is 0. The van der Waals surface area contributed by atoms with Gasteiger partial charge in [0.05, 0.1) is 24.4 Å². The lowest BCUT2D eigenvalue weighted by Crippen LogP contribution is -2.39. The molecule has 2 aromatic rings. The Labute approximate surface area is 120 Å². The number of aliphatic hydroxyl groups is 1. The zero-order valence-electron chi connectivity index (χ0n) is 11.2. The number of halogens is 3. The fourth-order valence-electron chi connectivity index (χ4n) is 1.96. The van der Waals surface area contributed by atoms with Gasteiger partial charge in [0, 0.05) is 12.2 Å². The summed E-state index contributed by atoms with van der Waals surface area (Å²) in [5.41, 5.74) is 5.99. The van der Waals surface area contributed by atoms with E-state index in [4.69, 9.17) is 5.73 Å². The van der Waals surface area contributed by atoms with Crippen molar-refractivity contribution < 1.29 is 18.3 Å². The van der Waals surface area contributed by atoms with Crippen LogP contribution in [-0.2, 0) is 19.1 Å². The summed E-state index contributed by atoms with van der Waals surface area (Å²) in [5.74, 6) is 0. The van der Waals surface area contributed by atoms with Crippen molar-refractivity contribution in [2.45, 2.75) is 31.3 Å². The van der Waals surface area contributed by atoms with Crippen LogP contribution in [0.25, 0.3) is 0 Å². The minimum absolute atomic E-state index is 0.0793. The van der Waals surface area contributed by atoms with Crippen molar-refractivity contribution in [2.75, 3.05) is 0 Å². The highest BCUT2D eigenvalue weighted by Crippen LogP contribution is 2.28. The van der Waals surface area contributed by atoms with Crippen molar-refractivity contribution >= 4 is 0 Å². The number of benzene rings is 1. The van der Waals surface area contributed by atoms with Gasteiger partial charge in [-0.2, -0.15) is 18.3 Å². The fourth-order valence-corrected chi connectivity index (χ4v) is 1.96. The van der Waals surface area contributed by atoms with Gasteiger partial charge >= 0.3 is 6.18 Å². The molecule has 2 rings (SSSR count). The lowest BCUT2D eigenvalue weighted by atomic mass is 10.0. The standard InChI is InChI=1S/C14H16F3N3O/c15-14(16,17)11-7-19-20(8-11)9-13(21)12(18)6-10-4-2-1-3-5-10/h1-5,7-8,12-13,21H,6,9,18H2. The van der Waals surface area contributed by atoms with Gasteiger partial charge in [0.25, 0.3) is 0 Å². The highest BCUT2D eigenvalue weighted by molar-refractivity contribution is 5.16. The van der Waals surface area contributed by atoms with Gasteiger partial charge in [-0.25, -0.2) is 0 Å². The van der Waals surface area contributed by atoms with Crippen LogP contribution < -0.4 is 5.73 Å². The number of hydrogen-bond acceptors (Lipinski definition) is 3. The van der Waals surface area contributed by atoms with Crippen LogP contribution in [0.15, 0.2) is 42.7 Å². The molecule has 0 saturated heterocycles. The van der Waals surface area contributed by atoms with Crippen LogP contribution in [0.4, 0.5) is 13.2 Å². The smallest absolute Gasteiger partial charge is 0.390 e. The molecule has 7 heteroatoms. The molecule has 1 aromatic carbocycles. The van der Waals surface area contributed by atoms with Gasteiger partial charge in [-0.05, 0) is 12.0 Å². The zero-order valence-corrected chi connectivity index (χ0v) is 11.2. The Balaban J connectivity index is 1.94. The van der Waals surface area contributed by atoms with E-state index < -0.39 is 23.9 Å². The van der Waals surface area contributed by atoms with Crippen molar-refractivity contribution in [2.24, 2.45) is 5.73 Å². The first-order chi connectivity index (χ1) is 9.86. The maximum atomic E-state index is 12.4. The van der Waals surface area contributed by atoms with Crippen LogP contribution in [0.5, 0.6) is 0 Å². The molecule has 0 radical (unpaired) electrons. The Bertz CT molecular complexity index is 568. The molecule has 2 atom stereocenters.